The molecule has 0 unspecified atom stereocenters. The van der Waals surface area contributed by atoms with Crippen LogP contribution in [0.15, 0.2) is 60.9 Å². The van der Waals surface area contributed by atoms with Crippen molar-refractivity contribution >= 4 is 24.0 Å². The fourth-order valence-corrected chi connectivity index (χ4v) is 7.34. The van der Waals surface area contributed by atoms with Crippen molar-refractivity contribution in [1.82, 2.24) is 40.4 Å². The summed E-state index contributed by atoms with van der Waals surface area (Å²) in [6.07, 6.45) is 5.14. The van der Waals surface area contributed by atoms with Gasteiger partial charge in [0, 0.05) is 33.2 Å². The molecule has 4 amide bonds. The van der Waals surface area contributed by atoms with Gasteiger partial charge in [0.25, 0.3) is 0 Å². The Bertz CT molecular complexity index is 1920. The first-order valence-electron chi connectivity index (χ1n) is 18.3. The number of nitrogens with one attached hydrogen (secondary N) is 4. The van der Waals surface area contributed by atoms with Gasteiger partial charge in [-0.15, -0.1) is 0 Å². The number of methoxy groups -OCH3 is 2. The molecular weight excluding hydrogens is 692 g/mol. The van der Waals surface area contributed by atoms with Crippen molar-refractivity contribution in [2.45, 2.75) is 70.1 Å². The number of carbonyl (C=O) groups is 4. The molecule has 15 nitrogen and oxygen atoms in total. The van der Waals surface area contributed by atoms with Crippen molar-refractivity contribution in [2.24, 2.45) is 5.92 Å². The van der Waals surface area contributed by atoms with Crippen molar-refractivity contribution < 1.29 is 33.8 Å². The molecule has 0 aliphatic carbocycles. The van der Waals surface area contributed by atoms with E-state index in [2.05, 4.69) is 54.8 Å². The molecule has 2 aromatic heterocycles. The topological polar surface area (TPSA) is 195 Å². The van der Waals surface area contributed by atoms with Crippen molar-refractivity contribution in [3.8, 4) is 33.6 Å². The van der Waals surface area contributed by atoms with E-state index in [1.807, 2.05) is 38.1 Å². The standard InChI is InChI=1S/C39H48N8O7/c1-23(2)33(45-38(50)51)37(49)47-19-6-8-32(47)35-41-22-30(43-35)27-15-11-25(12-16-27)24-9-13-26(14-10-24)29-21-40-34(42-29)31-7-5-18-46(31)36(48)28(17-20-53-3)44-39(52)54-4/h9-16,21-23,28,31-33,45H,5-8,17-20H2,1-4H3,(H,40,42)(H,41,43)(H,44,52)(H,50,51)/t28-,31-,32-,33-/m0/s1. The van der Waals surface area contributed by atoms with Gasteiger partial charge in [0.2, 0.25) is 11.8 Å². The Hall–Kier alpha value is -5.70. The number of ether oxygens (including phenoxy) is 2. The molecule has 2 aliphatic rings. The maximum absolute atomic E-state index is 13.5. The van der Waals surface area contributed by atoms with E-state index in [-0.39, 0.29) is 29.8 Å². The lowest BCUT2D eigenvalue weighted by Crippen LogP contribution is -2.50. The highest BCUT2D eigenvalue weighted by Crippen LogP contribution is 2.35. The van der Waals surface area contributed by atoms with Crippen molar-refractivity contribution in [1.29, 1.82) is 0 Å². The largest absolute Gasteiger partial charge is 0.465 e. The molecule has 54 heavy (non-hydrogen) atoms. The van der Waals surface area contributed by atoms with Crippen LogP contribution in [0.2, 0.25) is 0 Å². The second kappa shape index (κ2) is 17.0. The number of hydrogen-bond acceptors (Lipinski definition) is 8. The third kappa shape index (κ3) is 8.41. The number of aromatic nitrogens is 4. The highest BCUT2D eigenvalue weighted by atomic mass is 16.5. The van der Waals surface area contributed by atoms with Gasteiger partial charge < -0.3 is 45.0 Å². The lowest BCUT2D eigenvalue weighted by Gasteiger charge is -2.29. The lowest BCUT2D eigenvalue weighted by molar-refractivity contribution is -0.136. The number of rotatable bonds is 13. The van der Waals surface area contributed by atoms with Crippen LogP contribution in [0.3, 0.4) is 0 Å². The van der Waals surface area contributed by atoms with Crippen LogP contribution in [-0.4, -0.2) is 105 Å². The Morgan fingerprint density at radius 3 is 1.70 bits per heavy atom. The van der Waals surface area contributed by atoms with E-state index in [9.17, 15) is 24.3 Å². The fraction of sp³-hybridized carbons (Fsp3) is 0.436. The quantitative estimate of drug-likeness (QED) is 0.117. The van der Waals surface area contributed by atoms with E-state index in [1.165, 1.54) is 7.11 Å². The van der Waals surface area contributed by atoms with Gasteiger partial charge in [-0.25, -0.2) is 19.6 Å². The maximum atomic E-state index is 13.5. The van der Waals surface area contributed by atoms with E-state index in [0.717, 1.165) is 59.3 Å². The fourth-order valence-electron chi connectivity index (χ4n) is 7.34. The summed E-state index contributed by atoms with van der Waals surface area (Å²) in [6, 6.07) is 14.3. The number of amides is 4. The van der Waals surface area contributed by atoms with Crippen LogP contribution in [0.4, 0.5) is 9.59 Å². The molecule has 0 saturated carbocycles. The molecule has 6 rings (SSSR count). The number of imidazole rings is 2. The van der Waals surface area contributed by atoms with Gasteiger partial charge in [-0.05, 0) is 53.9 Å². The monoisotopic (exact) mass is 740 g/mol. The molecule has 0 radical (unpaired) electrons. The molecule has 4 atom stereocenters. The molecule has 15 heteroatoms. The smallest absolute Gasteiger partial charge is 0.407 e. The number of carbonyl (C=O) groups excluding carboxylic acids is 3. The van der Waals surface area contributed by atoms with Gasteiger partial charge in [-0.3, -0.25) is 9.59 Å². The Balaban J connectivity index is 1.10. The van der Waals surface area contributed by atoms with Gasteiger partial charge in [-0.1, -0.05) is 62.4 Å². The lowest BCUT2D eigenvalue weighted by atomic mass is 10.0. The van der Waals surface area contributed by atoms with Crippen molar-refractivity contribution in [3.05, 3.63) is 72.6 Å². The second-order valence-electron chi connectivity index (χ2n) is 14.0. The summed E-state index contributed by atoms with van der Waals surface area (Å²) in [7, 11) is 2.82. The van der Waals surface area contributed by atoms with E-state index in [1.54, 1.807) is 29.3 Å². The van der Waals surface area contributed by atoms with Crippen LogP contribution in [0.25, 0.3) is 33.6 Å². The highest BCUT2D eigenvalue weighted by Gasteiger charge is 2.38. The van der Waals surface area contributed by atoms with E-state index in [4.69, 9.17) is 9.47 Å². The predicted molar refractivity (Wildman–Crippen MR) is 200 cm³/mol. The molecule has 4 heterocycles. The van der Waals surface area contributed by atoms with E-state index in [0.29, 0.717) is 37.8 Å². The summed E-state index contributed by atoms with van der Waals surface area (Å²) in [5.74, 6) is 0.766. The van der Waals surface area contributed by atoms with Crippen LogP contribution in [0, 0.1) is 5.92 Å². The third-order valence-corrected chi connectivity index (χ3v) is 10.2. The number of hydrogen-bond donors (Lipinski definition) is 5. The molecule has 0 bridgehead atoms. The Kier molecular flexibility index (Phi) is 12.0. The molecular formula is C39H48N8O7. The molecule has 2 aromatic carbocycles. The summed E-state index contributed by atoms with van der Waals surface area (Å²) in [6.45, 7) is 5.08. The second-order valence-corrected chi connectivity index (χ2v) is 14.0. The number of carboxylic acid groups (broad SMARTS) is 1. The SMILES string of the molecule is COCC[C@H](NC(=O)OC)C(=O)N1CCC[C@H]1c1ncc(-c2ccc(-c3ccc(-c4cnc([C@@H]5CCCN5C(=O)[C@@H](NC(=O)O)C(C)C)[nH]4)cc3)cc2)[nH]1. The first-order chi connectivity index (χ1) is 26.1. The molecule has 0 spiro atoms. The molecule has 2 fully saturated rings. The van der Waals surface area contributed by atoms with Crippen LogP contribution >= 0.6 is 0 Å². The number of nitrogens with zero attached hydrogens (tertiary/aromatic N) is 4. The van der Waals surface area contributed by atoms with E-state index < -0.39 is 24.3 Å². The normalized spacial score (nSPS) is 18.1. The number of aromatic amines is 2. The predicted octanol–water partition coefficient (Wildman–Crippen LogP) is 5.51. The zero-order chi connectivity index (χ0) is 38.4. The summed E-state index contributed by atoms with van der Waals surface area (Å²) < 4.78 is 9.89. The average molecular weight is 741 g/mol. The minimum atomic E-state index is -1.22. The average Bonchev–Trinajstić information content (AvgIpc) is 4.01. The van der Waals surface area contributed by atoms with Crippen LogP contribution in [0.1, 0.15) is 69.7 Å². The maximum Gasteiger partial charge on any atom is 0.407 e. The van der Waals surface area contributed by atoms with Crippen LogP contribution < -0.4 is 10.6 Å². The number of benzene rings is 2. The van der Waals surface area contributed by atoms with Crippen LogP contribution in [0.5, 0.6) is 0 Å². The molecule has 4 aromatic rings. The summed E-state index contributed by atoms with van der Waals surface area (Å²) in [5, 5.41) is 14.3. The van der Waals surface area contributed by atoms with Gasteiger partial charge in [0.1, 0.15) is 23.7 Å². The molecule has 286 valence electrons. The number of alkyl carbamates (subject to hydrolysis) is 1. The first-order valence-corrected chi connectivity index (χ1v) is 18.3. The summed E-state index contributed by atoms with van der Waals surface area (Å²) >= 11 is 0. The van der Waals surface area contributed by atoms with Gasteiger partial charge in [0.05, 0.1) is 43.0 Å². The Morgan fingerprint density at radius 1 is 0.778 bits per heavy atom. The van der Waals surface area contributed by atoms with Crippen molar-refractivity contribution in [2.75, 3.05) is 33.9 Å². The summed E-state index contributed by atoms with van der Waals surface area (Å²) in [5.41, 5.74) is 5.66. The minimum absolute atomic E-state index is 0.188. The number of H-pyrrole nitrogens is 2. The molecule has 2 saturated heterocycles. The number of likely N-dealkylation sites (tertiary alicyclic amines) is 2. The van der Waals surface area contributed by atoms with E-state index >= 15 is 0 Å². The third-order valence-electron chi connectivity index (χ3n) is 10.2. The Morgan fingerprint density at radius 2 is 1.26 bits per heavy atom. The Labute approximate surface area is 313 Å². The zero-order valence-electron chi connectivity index (χ0n) is 31.0. The highest BCUT2D eigenvalue weighted by molar-refractivity contribution is 5.87. The summed E-state index contributed by atoms with van der Waals surface area (Å²) in [4.78, 5) is 69.7. The molecule has 5 N–H and O–H groups in total. The van der Waals surface area contributed by atoms with Gasteiger partial charge >= 0.3 is 12.2 Å². The zero-order valence-corrected chi connectivity index (χ0v) is 31.0. The first kappa shape index (κ1) is 38.0. The minimum Gasteiger partial charge on any atom is -0.465 e. The van der Waals surface area contributed by atoms with Crippen molar-refractivity contribution in [3.63, 3.8) is 0 Å². The molecule has 2 aliphatic heterocycles. The van der Waals surface area contributed by atoms with Crippen LogP contribution in [-0.2, 0) is 19.1 Å². The van der Waals surface area contributed by atoms with Gasteiger partial charge in [0.15, 0.2) is 0 Å². The van der Waals surface area contributed by atoms with Gasteiger partial charge in [-0.2, -0.15) is 0 Å².